The van der Waals surface area contributed by atoms with Crippen LogP contribution in [-0.4, -0.2) is 66.5 Å². The smallest absolute Gasteiger partial charge is 0.417 e. The molecule has 1 N–H and O–H groups in total. The minimum Gasteiger partial charge on any atom is -0.454 e. The average molecular weight is 499 g/mol. The van der Waals surface area contributed by atoms with Gasteiger partial charge in [-0.25, -0.2) is 9.78 Å². The third-order valence-corrected chi connectivity index (χ3v) is 5.43. The van der Waals surface area contributed by atoms with Crippen LogP contribution in [0.2, 0.25) is 5.02 Å². The number of carbonyl (C=O) groups excluding carboxylic acids is 3. The van der Waals surface area contributed by atoms with Gasteiger partial charge in [-0.05, 0) is 25.1 Å². The van der Waals surface area contributed by atoms with Crippen molar-refractivity contribution in [1.82, 2.24) is 15.2 Å². The van der Waals surface area contributed by atoms with Crippen molar-refractivity contribution < 1.29 is 32.3 Å². The van der Waals surface area contributed by atoms with Crippen molar-refractivity contribution in [2.75, 3.05) is 37.7 Å². The lowest BCUT2D eigenvalue weighted by Crippen LogP contribution is -2.50. The second kappa shape index (κ2) is 10.7. The second-order valence-corrected chi connectivity index (χ2v) is 7.97. The van der Waals surface area contributed by atoms with Gasteiger partial charge in [0, 0.05) is 37.9 Å². The maximum absolute atomic E-state index is 12.8. The summed E-state index contributed by atoms with van der Waals surface area (Å²) in [6.07, 6.45) is -3.82. The summed E-state index contributed by atoms with van der Waals surface area (Å²) in [5, 5.41) is 2.38. The van der Waals surface area contributed by atoms with Crippen LogP contribution in [0, 0.1) is 0 Å². The molecule has 1 aromatic carbocycles. The molecule has 1 aromatic heterocycles. The van der Waals surface area contributed by atoms with Crippen LogP contribution in [0.15, 0.2) is 42.6 Å². The largest absolute Gasteiger partial charge is 0.454 e. The Hall–Kier alpha value is -3.34. The van der Waals surface area contributed by atoms with Gasteiger partial charge in [0.2, 0.25) is 0 Å². The summed E-state index contributed by atoms with van der Waals surface area (Å²) in [5.41, 5.74) is -0.551. The van der Waals surface area contributed by atoms with Crippen molar-refractivity contribution in [3.63, 3.8) is 0 Å². The molecular formula is C22H22ClF3N4O4. The summed E-state index contributed by atoms with van der Waals surface area (Å²) >= 11 is 5.98. The van der Waals surface area contributed by atoms with Crippen LogP contribution in [-0.2, 0) is 20.5 Å². The monoisotopic (exact) mass is 498 g/mol. The first-order valence-electron chi connectivity index (χ1n) is 10.3. The molecule has 12 heteroatoms. The Morgan fingerprint density at radius 1 is 1.15 bits per heavy atom. The summed E-state index contributed by atoms with van der Waals surface area (Å²) < 4.78 is 43.4. The maximum atomic E-state index is 12.8. The first kappa shape index (κ1) is 25.3. The van der Waals surface area contributed by atoms with Gasteiger partial charge in [0.05, 0.1) is 10.6 Å². The van der Waals surface area contributed by atoms with Crippen molar-refractivity contribution in [2.45, 2.75) is 19.1 Å². The molecule has 3 rings (SSSR count). The van der Waals surface area contributed by atoms with Crippen LogP contribution < -0.4 is 10.2 Å². The van der Waals surface area contributed by atoms with E-state index in [1.807, 2.05) is 0 Å². The van der Waals surface area contributed by atoms with Gasteiger partial charge < -0.3 is 19.9 Å². The highest BCUT2D eigenvalue weighted by Crippen LogP contribution is 2.33. The van der Waals surface area contributed by atoms with Gasteiger partial charge in [0.25, 0.3) is 11.8 Å². The molecule has 1 fully saturated rings. The van der Waals surface area contributed by atoms with E-state index in [0.29, 0.717) is 18.7 Å². The number of ether oxygens (including phenoxy) is 1. The molecule has 8 nitrogen and oxygen atoms in total. The van der Waals surface area contributed by atoms with Crippen molar-refractivity contribution in [1.29, 1.82) is 0 Å². The number of alkyl halides is 3. The number of anilines is 1. The topological polar surface area (TPSA) is 91.8 Å². The van der Waals surface area contributed by atoms with Gasteiger partial charge in [-0.1, -0.05) is 29.8 Å². The molecule has 0 aliphatic carbocycles. The van der Waals surface area contributed by atoms with E-state index in [1.165, 1.54) is 11.8 Å². The van der Waals surface area contributed by atoms with Gasteiger partial charge in [-0.15, -0.1) is 0 Å². The SMILES string of the molecule is CC(NC(=O)c1ccccc1)C(=O)OCC(=O)N1CCN(c2ncc(C(F)(F)F)cc2Cl)CC1. The Bertz CT molecular complexity index is 1040. The molecule has 0 bridgehead atoms. The Balaban J connectivity index is 1.45. The molecule has 1 aliphatic heterocycles. The predicted octanol–water partition coefficient (Wildman–Crippen LogP) is 2.76. The standard InChI is InChI=1S/C22H22ClF3N4O4/c1-14(28-20(32)15-5-3-2-4-6-15)21(33)34-13-18(31)29-7-9-30(10-8-29)19-17(23)11-16(12-27-19)22(24,25)26/h2-6,11-12,14H,7-10,13H2,1H3,(H,28,32). The molecule has 182 valence electrons. The number of hydrogen-bond acceptors (Lipinski definition) is 6. The number of esters is 1. The van der Waals surface area contributed by atoms with Gasteiger partial charge in [0.1, 0.15) is 11.9 Å². The fourth-order valence-electron chi connectivity index (χ4n) is 3.26. The number of aromatic nitrogens is 1. The zero-order valence-electron chi connectivity index (χ0n) is 18.1. The first-order valence-corrected chi connectivity index (χ1v) is 10.7. The van der Waals surface area contributed by atoms with Crippen molar-refractivity contribution in [3.8, 4) is 0 Å². The lowest BCUT2D eigenvalue weighted by molar-refractivity contribution is -0.153. The van der Waals surface area contributed by atoms with E-state index in [4.69, 9.17) is 16.3 Å². The van der Waals surface area contributed by atoms with Crippen LogP contribution in [0.1, 0.15) is 22.8 Å². The number of benzene rings is 1. The predicted molar refractivity (Wildman–Crippen MR) is 117 cm³/mol. The van der Waals surface area contributed by atoms with E-state index >= 15 is 0 Å². The minimum atomic E-state index is -4.54. The van der Waals surface area contributed by atoms with Crippen LogP contribution in [0.3, 0.4) is 0 Å². The number of hydrogen-bond donors (Lipinski definition) is 1. The number of amides is 2. The molecule has 1 saturated heterocycles. The highest BCUT2D eigenvalue weighted by atomic mass is 35.5. The summed E-state index contributed by atoms with van der Waals surface area (Å²) in [6, 6.07) is 8.21. The van der Waals surface area contributed by atoms with Gasteiger partial charge in [0.15, 0.2) is 6.61 Å². The maximum Gasteiger partial charge on any atom is 0.417 e. The van der Waals surface area contributed by atoms with E-state index in [0.717, 1.165) is 12.3 Å². The quantitative estimate of drug-likeness (QED) is 0.616. The normalized spacial score (nSPS) is 15.0. The van der Waals surface area contributed by atoms with E-state index < -0.39 is 42.2 Å². The van der Waals surface area contributed by atoms with Crippen LogP contribution >= 0.6 is 11.6 Å². The lowest BCUT2D eigenvalue weighted by atomic mass is 10.2. The second-order valence-electron chi connectivity index (χ2n) is 7.56. The average Bonchev–Trinajstić information content (AvgIpc) is 2.82. The molecule has 0 spiro atoms. The van der Waals surface area contributed by atoms with Crippen LogP contribution in [0.25, 0.3) is 0 Å². The lowest BCUT2D eigenvalue weighted by Gasteiger charge is -2.35. The number of carbonyl (C=O) groups is 3. The Kier molecular flexibility index (Phi) is 7.98. The molecule has 2 amide bonds. The summed E-state index contributed by atoms with van der Waals surface area (Å²) in [4.78, 5) is 43.7. The van der Waals surface area contributed by atoms with Crippen molar-refractivity contribution in [3.05, 3.63) is 58.7 Å². The fourth-order valence-corrected chi connectivity index (χ4v) is 3.55. The Morgan fingerprint density at radius 3 is 2.38 bits per heavy atom. The highest BCUT2D eigenvalue weighted by molar-refractivity contribution is 6.33. The molecule has 2 aromatic rings. The molecule has 34 heavy (non-hydrogen) atoms. The molecule has 2 heterocycles. The molecular weight excluding hydrogens is 477 g/mol. The van der Waals surface area contributed by atoms with E-state index in [2.05, 4.69) is 10.3 Å². The summed E-state index contributed by atoms with van der Waals surface area (Å²) in [7, 11) is 0. The van der Waals surface area contributed by atoms with E-state index in [1.54, 1.807) is 35.2 Å². The fraction of sp³-hybridized carbons (Fsp3) is 0.364. The van der Waals surface area contributed by atoms with Crippen LogP contribution in [0.4, 0.5) is 19.0 Å². The third-order valence-electron chi connectivity index (χ3n) is 5.16. The first-order chi connectivity index (χ1) is 16.1. The van der Waals surface area contributed by atoms with Gasteiger partial charge in [-0.2, -0.15) is 13.2 Å². The summed E-state index contributed by atoms with van der Waals surface area (Å²) in [6.45, 7) is 2.03. The van der Waals surface area contributed by atoms with E-state index in [-0.39, 0.29) is 23.9 Å². The number of piperazine rings is 1. The molecule has 1 aliphatic rings. The molecule has 0 saturated carbocycles. The number of pyridine rings is 1. The summed E-state index contributed by atoms with van der Waals surface area (Å²) in [5.74, 6) is -1.42. The molecule has 1 atom stereocenters. The van der Waals surface area contributed by atoms with E-state index in [9.17, 15) is 27.6 Å². The zero-order valence-corrected chi connectivity index (χ0v) is 18.9. The van der Waals surface area contributed by atoms with Crippen LogP contribution in [0.5, 0.6) is 0 Å². The van der Waals surface area contributed by atoms with Gasteiger partial charge in [-0.3, -0.25) is 9.59 Å². The number of halogens is 4. The molecule has 1 unspecified atom stereocenters. The molecule has 0 radical (unpaired) electrons. The number of nitrogens with one attached hydrogen (secondary N) is 1. The van der Waals surface area contributed by atoms with Crippen molar-refractivity contribution in [2.24, 2.45) is 0 Å². The number of nitrogens with zero attached hydrogens (tertiary/aromatic N) is 3. The third kappa shape index (κ3) is 6.37. The van der Waals surface area contributed by atoms with Crippen molar-refractivity contribution >= 4 is 35.2 Å². The minimum absolute atomic E-state index is 0.130. The van der Waals surface area contributed by atoms with Gasteiger partial charge >= 0.3 is 12.1 Å². The zero-order chi connectivity index (χ0) is 24.9. The number of rotatable bonds is 6. The highest BCUT2D eigenvalue weighted by Gasteiger charge is 2.32. The Labute approximate surface area is 198 Å². The Morgan fingerprint density at radius 2 is 1.79 bits per heavy atom.